The fourth-order valence-corrected chi connectivity index (χ4v) is 5.15. The molecule has 0 aliphatic carbocycles. The summed E-state index contributed by atoms with van der Waals surface area (Å²) < 4.78 is 42.4. The van der Waals surface area contributed by atoms with E-state index in [0.29, 0.717) is 25.9 Å². The Balaban J connectivity index is 4.49. The second kappa shape index (κ2) is 10.3. The highest BCUT2D eigenvalue weighted by Gasteiger charge is 2.40. The minimum absolute atomic E-state index is 0.0275. The molecule has 118 valence electrons. The maximum atomic E-state index is 11.6. The summed E-state index contributed by atoms with van der Waals surface area (Å²) in [5.74, 6) is -0.198. The van der Waals surface area contributed by atoms with E-state index in [1.807, 2.05) is 20.8 Å². The summed E-state index contributed by atoms with van der Waals surface area (Å²) in [6, 6.07) is 2.18. The molecule has 0 spiro atoms. The quantitative estimate of drug-likeness (QED) is 0.535. The van der Waals surface area contributed by atoms with Crippen LogP contribution >= 0.6 is 0 Å². The molecule has 0 unspecified atom stereocenters. The van der Waals surface area contributed by atoms with Gasteiger partial charge in [-0.1, -0.05) is 0 Å². The largest absolute Gasteiger partial charge is 0.502 e. The minimum Gasteiger partial charge on any atom is -0.374 e. The van der Waals surface area contributed by atoms with Crippen LogP contribution < -0.4 is 4.72 Å². The third-order valence-corrected chi connectivity index (χ3v) is 6.76. The van der Waals surface area contributed by atoms with E-state index in [1.54, 1.807) is 6.07 Å². The zero-order valence-corrected chi connectivity index (χ0v) is 14.2. The molecule has 1 N–H and O–H groups in total. The SMILES string of the molecule is CCO[Si](CCNS(=O)(=O)CCC#N)(OCC)OCC. The summed E-state index contributed by atoms with van der Waals surface area (Å²) in [6.07, 6.45) is -0.0275. The Morgan fingerprint density at radius 3 is 2.00 bits per heavy atom. The van der Waals surface area contributed by atoms with Crippen molar-refractivity contribution in [1.82, 2.24) is 4.72 Å². The van der Waals surface area contributed by atoms with Gasteiger partial charge in [-0.05, 0) is 20.8 Å². The van der Waals surface area contributed by atoms with Crippen molar-refractivity contribution in [3.63, 3.8) is 0 Å². The first-order chi connectivity index (χ1) is 9.45. The molecule has 0 amide bonds. The smallest absolute Gasteiger partial charge is 0.374 e. The van der Waals surface area contributed by atoms with Crippen molar-refractivity contribution in [2.45, 2.75) is 33.2 Å². The van der Waals surface area contributed by atoms with Gasteiger partial charge in [-0.15, -0.1) is 0 Å². The van der Waals surface area contributed by atoms with E-state index >= 15 is 0 Å². The molecular formula is C11H24N2O5SSi. The number of hydrogen-bond acceptors (Lipinski definition) is 6. The molecule has 0 aromatic rings. The van der Waals surface area contributed by atoms with E-state index in [-0.39, 0.29) is 18.7 Å². The first kappa shape index (κ1) is 19.5. The molecule has 0 aliphatic rings. The molecule has 0 radical (unpaired) electrons. The average Bonchev–Trinajstić information content (AvgIpc) is 2.37. The number of nitriles is 1. The van der Waals surface area contributed by atoms with Crippen LogP contribution in [0.1, 0.15) is 27.2 Å². The summed E-state index contributed by atoms with van der Waals surface area (Å²) >= 11 is 0. The maximum absolute atomic E-state index is 11.6. The topological polar surface area (TPSA) is 97.7 Å². The van der Waals surface area contributed by atoms with E-state index in [1.165, 1.54) is 0 Å². The highest BCUT2D eigenvalue weighted by molar-refractivity contribution is 7.89. The molecule has 0 fully saturated rings. The first-order valence-electron chi connectivity index (χ1n) is 6.71. The summed E-state index contributed by atoms with van der Waals surface area (Å²) in [6.45, 7) is 7.07. The van der Waals surface area contributed by atoms with E-state index in [0.717, 1.165) is 0 Å². The molecule has 0 saturated heterocycles. The van der Waals surface area contributed by atoms with Crippen molar-refractivity contribution in [2.75, 3.05) is 32.1 Å². The lowest BCUT2D eigenvalue weighted by atomic mass is 10.6. The van der Waals surface area contributed by atoms with Crippen LogP contribution in [0.2, 0.25) is 6.04 Å². The molecule has 9 heteroatoms. The van der Waals surface area contributed by atoms with Crippen LogP contribution in [-0.2, 0) is 23.3 Å². The highest BCUT2D eigenvalue weighted by atomic mass is 32.2. The lowest BCUT2D eigenvalue weighted by Crippen LogP contribution is -2.48. The van der Waals surface area contributed by atoms with Gasteiger partial charge in [0.25, 0.3) is 0 Å². The fraction of sp³-hybridized carbons (Fsp3) is 0.909. The summed E-state index contributed by atoms with van der Waals surface area (Å²) in [4.78, 5) is 0. The number of nitrogens with one attached hydrogen (secondary N) is 1. The standard InChI is InChI=1S/C11H24N2O5SSi/c1-4-16-20(17-5-2,18-6-3)11-9-13-19(14,15)10-7-8-12/h13H,4-7,9-11H2,1-3H3. The Kier molecular flexibility index (Phi) is 10.00. The van der Waals surface area contributed by atoms with Crippen molar-refractivity contribution in [3.05, 3.63) is 0 Å². The van der Waals surface area contributed by atoms with E-state index in [2.05, 4.69) is 4.72 Å². The predicted octanol–water partition coefficient (Wildman–Crippen LogP) is 0.868. The van der Waals surface area contributed by atoms with E-state index in [4.69, 9.17) is 18.5 Å². The molecule has 0 rings (SSSR count). The normalized spacial score (nSPS) is 12.3. The molecule has 0 aromatic heterocycles. The van der Waals surface area contributed by atoms with Gasteiger partial charge >= 0.3 is 8.80 Å². The van der Waals surface area contributed by atoms with Crippen molar-refractivity contribution < 1.29 is 21.7 Å². The van der Waals surface area contributed by atoms with Crippen molar-refractivity contribution in [1.29, 1.82) is 5.26 Å². The fourth-order valence-electron chi connectivity index (χ4n) is 1.61. The van der Waals surface area contributed by atoms with Crippen LogP contribution in [0.3, 0.4) is 0 Å². The molecule has 20 heavy (non-hydrogen) atoms. The Hall–Kier alpha value is -0.503. The number of rotatable bonds is 12. The number of nitrogens with zero attached hydrogens (tertiary/aromatic N) is 1. The van der Waals surface area contributed by atoms with Crippen molar-refractivity contribution in [2.24, 2.45) is 0 Å². The minimum atomic E-state index is -3.43. The average molecular weight is 324 g/mol. The van der Waals surface area contributed by atoms with Crippen LogP contribution in [0, 0.1) is 11.3 Å². The predicted molar refractivity (Wildman–Crippen MR) is 77.5 cm³/mol. The third-order valence-electron chi connectivity index (χ3n) is 2.33. The second-order valence-electron chi connectivity index (χ2n) is 3.85. The van der Waals surface area contributed by atoms with Crippen LogP contribution in [-0.4, -0.2) is 49.3 Å². The highest BCUT2D eigenvalue weighted by Crippen LogP contribution is 2.15. The monoisotopic (exact) mass is 324 g/mol. The summed E-state index contributed by atoms with van der Waals surface area (Å²) in [5, 5.41) is 8.40. The summed E-state index contributed by atoms with van der Waals surface area (Å²) in [5.41, 5.74) is 0. The van der Waals surface area contributed by atoms with Gasteiger partial charge in [0.2, 0.25) is 10.0 Å². The van der Waals surface area contributed by atoms with E-state index in [9.17, 15) is 8.42 Å². The van der Waals surface area contributed by atoms with Crippen molar-refractivity contribution >= 4 is 18.8 Å². The second-order valence-corrected chi connectivity index (χ2v) is 8.51. The van der Waals surface area contributed by atoms with Gasteiger partial charge in [-0.25, -0.2) is 13.1 Å². The van der Waals surface area contributed by atoms with Crippen LogP contribution in [0.15, 0.2) is 0 Å². The number of sulfonamides is 1. The third kappa shape index (κ3) is 7.93. The molecular weight excluding hydrogens is 300 g/mol. The molecule has 0 aliphatic heterocycles. The van der Waals surface area contributed by atoms with E-state index < -0.39 is 18.8 Å². The summed E-state index contributed by atoms with van der Waals surface area (Å²) in [7, 11) is -6.25. The molecule has 7 nitrogen and oxygen atoms in total. The van der Waals surface area contributed by atoms with Gasteiger partial charge in [0.15, 0.2) is 0 Å². The van der Waals surface area contributed by atoms with Gasteiger partial charge in [-0.2, -0.15) is 5.26 Å². The van der Waals surface area contributed by atoms with Crippen LogP contribution in [0.25, 0.3) is 0 Å². The number of hydrogen-bond donors (Lipinski definition) is 1. The zero-order valence-electron chi connectivity index (χ0n) is 12.3. The van der Waals surface area contributed by atoms with Gasteiger partial charge in [0, 0.05) is 32.4 Å². The molecule has 0 heterocycles. The lowest BCUT2D eigenvalue weighted by molar-refractivity contribution is 0.0717. The van der Waals surface area contributed by atoms with Gasteiger partial charge in [0.05, 0.1) is 18.2 Å². The van der Waals surface area contributed by atoms with Gasteiger partial charge in [-0.3, -0.25) is 0 Å². The maximum Gasteiger partial charge on any atom is 0.502 e. The lowest BCUT2D eigenvalue weighted by Gasteiger charge is -2.28. The first-order valence-corrected chi connectivity index (χ1v) is 10.3. The Labute approximate surface area is 122 Å². The zero-order chi connectivity index (χ0) is 15.5. The molecule has 0 bridgehead atoms. The van der Waals surface area contributed by atoms with Gasteiger partial charge in [0.1, 0.15) is 0 Å². The Morgan fingerprint density at radius 1 is 1.10 bits per heavy atom. The molecule has 0 aromatic carbocycles. The van der Waals surface area contributed by atoms with Crippen LogP contribution in [0.5, 0.6) is 0 Å². The Bertz CT molecular complexity index is 379. The molecule has 0 saturated carbocycles. The van der Waals surface area contributed by atoms with Crippen LogP contribution in [0.4, 0.5) is 0 Å². The molecule has 0 atom stereocenters. The van der Waals surface area contributed by atoms with Gasteiger partial charge < -0.3 is 13.3 Å². The Morgan fingerprint density at radius 2 is 1.60 bits per heavy atom. The van der Waals surface area contributed by atoms with Crippen molar-refractivity contribution in [3.8, 4) is 6.07 Å².